The van der Waals surface area contributed by atoms with Crippen LogP contribution in [0.4, 0.5) is 0 Å². The van der Waals surface area contributed by atoms with E-state index in [9.17, 15) is 9.90 Å². The number of aryl methyl sites for hydroxylation is 1. The zero-order valence-corrected chi connectivity index (χ0v) is 8.61. The van der Waals surface area contributed by atoms with Crippen molar-refractivity contribution in [2.24, 2.45) is 0 Å². The van der Waals surface area contributed by atoms with Crippen molar-refractivity contribution < 1.29 is 9.90 Å². The topological polar surface area (TPSA) is 50.2 Å². The molecule has 0 fully saturated rings. The Morgan fingerprint density at radius 3 is 2.67 bits per heavy atom. The highest BCUT2D eigenvalue weighted by Crippen LogP contribution is 2.27. The van der Waals surface area contributed by atoms with Gasteiger partial charge in [-0.05, 0) is 13.0 Å². The molecule has 0 amide bonds. The number of benzene rings is 1. The Kier molecular flexibility index (Phi) is 2.15. The van der Waals surface area contributed by atoms with Crippen molar-refractivity contribution in [2.75, 3.05) is 0 Å². The van der Waals surface area contributed by atoms with Crippen molar-refractivity contribution in [2.45, 2.75) is 13.8 Å². The van der Waals surface area contributed by atoms with Gasteiger partial charge in [0.15, 0.2) is 5.78 Å². The largest absolute Gasteiger partial charge is 0.505 e. The maximum Gasteiger partial charge on any atom is 0.181 e. The van der Waals surface area contributed by atoms with E-state index in [2.05, 4.69) is 4.98 Å². The molecule has 3 nitrogen and oxygen atoms in total. The van der Waals surface area contributed by atoms with Crippen LogP contribution in [-0.2, 0) is 0 Å². The fourth-order valence-corrected chi connectivity index (χ4v) is 1.61. The van der Waals surface area contributed by atoms with Gasteiger partial charge in [0.2, 0.25) is 0 Å². The molecule has 1 heterocycles. The minimum atomic E-state index is -0.221. The highest BCUT2D eigenvalue weighted by molar-refractivity contribution is 5.99. The Hall–Kier alpha value is -1.90. The SMILES string of the molecule is CC(=O)c1nc2ccccc2c(C)c1O. The quantitative estimate of drug-likeness (QED) is 0.721. The predicted molar refractivity (Wildman–Crippen MR) is 58.1 cm³/mol. The average Bonchev–Trinajstić information content (AvgIpc) is 2.23. The summed E-state index contributed by atoms with van der Waals surface area (Å²) in [5.74, 6) is -0.234. The summed E-state index contributed by atoms with van der Waals surface area (Å²) in [6.07, 6.45) is 0. The van der Waals surface area contributed by atoms with Gasteiger partial charge < -0.3 is 5.11 Å². The van der Waals surface area contributed by atoms with Crippen LogP contribution in [0, 0.1) is 6.92 Å². The molecule has 0 saturated carbocycles. The monoisotopic (exact) mass is 201 g/mol. The number of rotatable bonds is 1. The average molecular weight is 201 g/mol. The maximum absolute atomic E-state index is 11.2. The highest BCUT2D eigenvalue weighted by Gasteiger charge is 2.13. The number of fused-ring (bicyclic) bond motifs is 1. The lowest BCUT2D eigenvalue weighted by Gasteiger charge is -2.07. The van der Waals surface area contributed by atoms with E-state index < -0.39 is 0 Å². The molecule has 2 aromatic rings. The first-order valence-electron chi connectivity index (χ1n) is 4.70. The summed E-state index contributed by atoms with van der Waals surface area (Å²) < 4.78 is 0. The molecule has 0 aliphatic rings. The van der Waals surface area contributed by atoms with Gasteiger partial charge in [-0.3, -0.25) is 4.79 Å². The number of pyridine rings is 1. The van der Waals surface area contributed by atoms with Gasteiger partial charge in [0.05, 0.1) is 5.52 Å². The molecular formula is C12H11NO2. The van der Waals surface area contributed by atoms with Crippen molar-refractivity contribution in [3.8, 4) is 5.75 Å². The van der Waals surface area contributed by atoms with Gasteiger partial charge >= 0.3 is 0 Å². The van der Waals surface area contributed by atoms with Crippen LogP contribution in [0.15, 0.2) is 24.3 Å². The maximum atomic E-state index is 11.2. The van der Waals surface area contributed by atoms with Gasteiger partial charge in [0, 0.05) is 17.9 Å². The third-order valence-corrected chi connectivity index (χ3v) is 2.45. The van der Waals surface area contributed by atoms with Crippen LogP contribution in [0.25, 0.3) is 10.9 Å². The van der Waals surface area contributed by atoms with Crippen molar-refractivity contribution in [1.82, 2.24) is 4.98 Å². The molecule has 0 aliphatic heterocycles. The number of aromatic nitrogens is 1. The molecular weight excluding hydrogens is 190 g/mol. The first-order valence-corrected chi connectivity index (χ1v) is 4.70. The van der Waals surface area contributed by atoms with E-state index in [4.69, 9.17) is 0 Å². The molecule has 1 aromatic heterocycles. The molecule has 0 unspecified atom stereocenters. The summed E-state index contributed by atoms with van der Waals surface area (Å²) in [5, 5.41) is 10.7. The number of carbonyl (C=O) groups is 1. The normalized spacial score (nSPS) is 10.5. The van der Waals surface area contributed by atoms with Crippen molar-refractivity contribution in [3.63, 3.8) is 0 Å². The summed E-state index contributed by atoms with van der Waals surface area (Å²) in [5.41, 5.74) is 1.58. The molecule has 1 N–H and O–H groups in total. The van der Waals surface area contributed by atoms with E-state index in [0.717, 1.165) is 10.9 Å². The van der Waals surface area contributed by atoms with Gasteiger partial charge in [0.25, 0.3) is 0 Å². The fourth-order valence-electron chi connectivity index (χ4n) is 1.61. The van der Waals surface area contributed by atoms with Crippen LogP contribution in [0.5, 0.6) is 5.75 Å². The number of para-hydroxylation sites is 1. The van der Waals surface area contributed by atoms with Crippen LogP contribution >= 0.6 is 0 Å². The Morgan fingerprint density at radius 1 is 1.33 bits per heavy atom. The van der Waals surface area contributed by atoms with Crippen molar-refractivity contribution in [1.29, 1.82) is 0 Å². The summed E-state index contributed by atoms with van der Waals surface area (Å²) in [6.45, 7) is 3.18. The van der Waals surface area contributed by atoms with E-state index in [1.54, 1.807) is 6.92 Å². The van der Waals surface area contributed by atoms with E-state index in [1.807, 2.05) is 24.3 Å². The lowest BCUT2D eigenvalue weighted by Crippen LogP contribution is -1.99. The third kappa shape index (κ3) is 1.46. The Labute approximate surface area is 87.4 Å². The molecule has 0 aliphatic carbocycles. The van der Waals surface area contributed by atoms with Crippen LogP contribution in [0.2, 0.25) is 0 Å². The number of carbonyl (C=O) groups excluding carboxylic acids is 1. The molecule has 0 spiro atoms. The molecule has 1 aromatic carbocycles. The second-order valence-electron chi connectivity index (χ2n) is 3.51. The molecule has 0 radical (unpaired) electrons. The van der Waals surface area contributed by atoms with E-state index >= 15 is 0 Å². The molecule has 3 heteroatoms. The second kappa shape index (κ2) is 3.35. The van der Waals surface area contributed by atoms with Crippen LogP contribution in [0.1, 0.15) is 23.0 Å². The molecule has 0 saturated heterocycles. The van der Waals surface area contributed by atoms with Crippen molar-refractivity contribution >= 4 is 16.7 Å². The number of ketones is 1. The lowest BCUT2D eigenvalue weighted by molar-refractivity contribution is 0.101. The number of Topliss-reactive ketones (excluding diaryl/α,β-unsaturated/α-hetero) is 1. The van der Waals surface area contributed by atoms with E-state index in [-0.39, 0.29) is 17.2 Å². The van der Waals surface area contributed by atoms with Gasteiger partial charge in [-0.1, -0.05) is 18.2 Å². The minimum Gasteiger partial charge on any atom is -0.505 e. The zero-order valence-electron chi connectivity index (χ0n) is 8.61. The van der Waals surface area contributed by atoms with Gasteiger partial charge in [-0.2, -0.15) is 0 Å². The number of hydrogen-bond acceptors (Lipinski definition) is 3. The molecule has 76 valence electrons. The Balaban J connectivity index is 2.88. The Morgan fingerprint density at radius 2 is 2.00 bits per heavy atom. The first kappa shape index (κ1) is 9.65. The molecule has 0 atom stereocenters. The second-order valence-corrected chi connectivity index (χ2v) is 3.51. The van der Waals surface area contributed by atoms with Crippen molar-refractivity contribution in [3.05, 3.63) is 35.5 Å². The smallest absolute Gasteiger partial charge is 0.181 e. The van der Waals surface area contributed by atoms with Crippen LogP contribution < -0.4 is 0 Å². The zero-order chi connectivity index (χ0) is 11.0. The number of nitrogens with zero attached hydrogens (tertiary/aromatic N) is 1. The summed E-state index contributed by atoms with van der Waals surface area (Å²) in [4.78, 5) is 15.4. The number of aromatic hydroxyl groups is 1. The number of hydrogen-bond donors (Lipinski definition) is 1. The van der Waals surface area contributed by atoms with E-state index in [1.165, 1.54) is 6.92 Å². The fraction of sp³-hybridized carbons (Fsp3) is 0.167. The molecule has 0 bridgehead atoms. The standard InChI is InChI=1S/C12H11NO2/c1-7-9-5-3-4-6-10(9)13-11(8(2)14)12(7)15/h3-6,15H,1-2H3. The molecule has 2 rings (SSSR count). The van der Waals surface area contributed by atoms with Gasteiger partial charge in [-0.15, -0.1) is 0 Å². The lowest BCUT2D eigenvalue weighted by atomic mass is 10.1. The first-order chi connectivity index (χ1) is 7.11. The summed E-state index contributed by atoms with van der Waals surface area (Å²) >= 11 is 0. The molecule has 15 heavy (non-hydrogen) atoms. The van der Waals surface area contributed by atoms with Gasteiger partial charge in [0.1, 0.15) is 11.4 Å². The van der Waals surface area contributed by atoms with Crippen LogP contribution in [0.3, 0.4) is 0 Å². The van der Waals surface area contributed by atoms with Gasteiger partial charge in [-0.25, -0.2) is 4.98 Å². The predicted octanol–water partition coefficient (Wildman–Crippen LogP) is 2.45. The summed E-state index contributed by atoms with van der Waals surface area (Å²) in [6, 6.07) is 7.44. The van der Waals surface area contributed by atoms with Crippen LogP contribution in [-0.4, -0.2) is 15.9 Å². The summed E-state index contributed by atoms with van der Waals surface area (Å²) in [7, 11) is 0. The minimum absolute atomic E-state index is 0.0128. The van der Waals surface area contributed by atoms with E-state index in [0.29, 0.717) is 5.56 Å². The Bertz CT molecular complexity index is 547. The third-order valence-electron chi connectivity index (χ3n) is 2.45. The highest BCUT2D eigenvalue weighted by atomic mass is 16.3.